The van der Waals surface area contributed by atoms with Crippen LogP contribution in [0, 0.1) is 6.92 Å². The number of hydrogen-bond donors (Lipinski definition) is 1. The molecule has 0 aliphatic rings. The van der Waals surface area contributed by atoms with Crippen LogP contribution in [0.4, 0.5) is 4.79 Å². The van der Waals surface area contributed by atoms with Crippen molar-refractivity contribution in [2.45, 2.75) is 19.9 Å². The zero-order chi connectivity index (χ0) is 14.5. The maximum absolute atomic E-state index is 11.9. The van der Waals surface area contributed by atoms with Crippen molar-refractivity contribution >= 4 is 29.0 Å². The lowest BCUT2D eigenvalue weighted by Crippen LogP contribution is -2.37. The predicted octanol–water partition coefficient (Wildman–Crippen LogP) is 3.08. The molecule has 2 rings (SSSR count). The standard InChI is InChI=1S/C13H16ClN3O2S/c1-9-12(14)20-11(16-9)3-5-15-13(18)17(2)7-10-4-6-19-8-10/h4,6,8H,3,5,7H2,1-2H3,(H,15,18). The van der Waals surface area contributed by atoms with Crippen LogP contribution in [-0.2, 0) is 13.0 Å². The van der Waals surface area contributed by atoms with E-state index < -0.39 is 0 Å². The topological polar surface area (TPSA) is 58.4 Å². The Labute approximate surface area is 126 Å². The molecule has 1 N–H and O–H groups in total. The largest absolute Gasteiger partial charge is 0.472 e. The molecule has 7 heteroatoms. The minimum absolute atomic E-state index is 0.120. The van der Waals surface area contributed by atoms with Crippen LogP contribution in [0.15, 0.2) is 23.0 Å². The van der Waals surface area contributed by atoms with Crippen LogP contribution in [0.25, 0.3) is 0 Å². The summed E-state index contributed by atoms with van der Waals surface area (Å²) in [5, 5.41) is 3.79. The first kappa shape index (κ1) is 14.9. The summed E-state index contributed by atoms with van der Waals surface area (Å²) in [5.41, 5.74) is 1.81. The lowest BCUT2D eigenvalue weighted by molar-refractivity contribution is 0.207. The number of carbonyl (C=O) groups excluding carboxylic acids is 1. The molecule has 2 heterocycles. The Kier molecular flexibility index (Phi) is 5.03. The van der Waals surface area contributed by atoms with Crippen LogP contribution in [-0.4, -0.2) is 29.5 Å². The summed E-state index contributed by atoms with van der Waals surface area (Å²) in [4.78, 5) is 17.8. The smallest absolute Gasteiger partial charge is 0.317 e. The van der Waals surface area contributed by atoms with Crippen LogP contribution in [0.2, 0.25) is 4.34 Å². The van der Waals surface area contributed by atoms with E-state index in [-0.39, 0.29) is 6.03 Å². The van der Waals surface area contributed by atoms with Crippen molar-refractivity contribution in [1.29, 1.82) is 0 Å². The van der Waals surface area contributed by atoms with E-state index in [1.807, 2.05) is 13.0 Å². The van der Waals surface area contributed by atoms with Gasteiger partial charge in [-0.25, -0.2) is 9.78 Å². The van der Waals surface area contributed by atoms with Gasteiger partial charge in [0, 0.05) is 25.6 Å². The van der Waals surface area contributed by atoms with E-state index in [1.54, 1.807) is 24.5 Å². The van der Waals surface area contributed by atoms with Gasteiger partial charge in [-0.3, -0.25) is 0 Å². The van der Waals surface area contributed by atoms with Gasteiger partial charge in [-0.2, -0.15) is 0 Å². The van der Waals surface area contributed by atoms with Gasteiger partial charge in [0.25, 0.3) is 0 Å². The monoisotopic (exact) mass is 313 g/mol. The highest BCUT2D eigenvalue weighted by atomic mass is 35.5. The van der Waals surface area contributed by atoms with Crippen molar-refractivity contribution in [3.05, 3.63) is 39.2 Å². The molecule has 0 radical (unpaired) electrons. The molecular formula is C13H16ClN3O2S. The predicted molar refractivity (Wildman–Crippen MR) is 79.1 cm³/mol. The van der Waals surface area contributed by atoms with Crippen molar-refractivity contribution in [3.8, 4) is 0 Å². The second-order valence-electron chi connectivity index (χ2n) is 4.44. The number of furan rings is 1. The number of aromatic nitrogens is 1. The number of carbonyl (C=O) groups is 1. The Balaban J connectivity index is 1.74. The molecule has 2 amide bonds. The zero-order valence-corrected chi connectivity index (χ0v) is 12.9. The molecular weight excluding hydrogens is 298 g/mol. The Morgan fingerprint density at radius 3 is 3.00 bits per heavy atom. The molecule has 0 saturated carbocycles. The third-order valence-corrected chi connectivity index (χ3v) is 4.26. The average Bonchev–Trinajstić information content (AvgIpc) is 3.00. The molecule has 0 spiro atoms. The normalized spacial score (nSPS) is 10.6. The molecule has 2 aromatic heterocycles. The molecule has 0 unspecified atom stereocenters. The van der Waals surface area contributed by atoms with Gasteiger partial charge >= 0.3 is 6.03 Å². The van der Waals surface area contributed by atoms with E-state index in [9.17, 15) is 4.79 Å². The number of amides is 2. The number of halogens is 1. The average molecular weight is 314 g/mol. The van der Waals surface area contributed by atoms with Crippen LogP contribution in [0.1, 0.15) is 16.3 Å². The van der Waals surface area contributed by atoms with Crippen molar-refractivity contribution in [2.75, 3.05) is 13.6 Å². The first-order chi connectivity index (χ1) is 9.56. The van der Waals surface area contributed by atoms with E-state index in [0.29, 0.717) is 23.8 Å². The highest BCUT2D eigenvalue weighted by Crippen LogP contribution is 2.23. The van der Waals surface area contributed by atoms with Crippen LogP contribution < -0.4 is 5.32 Å². The van der Waals surface area contributed by atoms with E-state index in [1.165, 1.54) is 11.3 Å². The SMILES string of the molecule is Cc1nc(CCNC(=O)N(C)Cc2ccoc2)sc1Cl. The number of nitrogens with zero attached hydrogens (tertiary/aromatic N) is 2. The van der Waals surface area contributed by atoms with Crippen LogP contribution >= 0.6 is 22.9 Å². The molecule has 0 saturated heterocycles. The molecule has 0 aliphatic carbocycles. The highest BCUT2D eigenvalue weighted by Gasteiger charge is 2.10. The Hall–Kier alpha value is -1.53. The Morgan fingerprint density at radius 2 is 2.40 bits per heavy atom. The molecule has 108 valence electrons. The minimum Gasteiger partial charge on any atom is -0.472 e. The van der Waals surface area contributed by atoms with Crippen LogP contribution in [0.3, 0.4) is 0 Å². The number of rotatable bonds is 5. The Morgan fingerprint density at radius 1 is 1.60 bits per heavy atom. The summed E-state index contributed by atoms with van der Waals surface area (Å²) in [6.45, 7) is 2.93. The summed E-state index contributed by atoms with van der Waals surface area (Å²) < 4.78 is 5.68. The van der Waals surface area contributed by atoms with E-state index in [2.05, 4.69) is 10.3 Å². The first-order valence-electron chi connectivity index (χ1n) is 6.18. The van der Waals surface area contributed by atoms with Gasteiger partial charge in [0.15, 0.2) is 0 Å². The molecule has 20 heavy (non-hydrogen) atoms. The van der Waals surface area contributed by atoms with Gasteiger partial charge in [-0.1, -0.05) is 11.6 Å². The molecule has 5 nitrogen and oxygen atoms in total. The van der Waals surface area contributed by atoms with Crippen molar-refractivity contribution in [3.63, 3.8) is 0 Å². The highest BCUT2D eigenvalue weighted by molar-refractivity contribution is 7.16. The second-order valence-corrected chi connectivity index (χ2v) is 6.12. The molecule has 0 aliphatic heterocycles. The number of aryl methyl sites for hydroxylation is 1. The number of nitrogens with one attached hydrogen (secondary N) is 1. The second kappa shape index (κ2) is 6.76. The molecule has 0 bridgehead atoms. The quantitative estimate of drug-likeness (QED) is 0.923. The van der Waals surface area contributed by atoms with Crippen molar-refractivity contribution < 1.29 is 9.21 Å². The van der Waals surface area contributed by atoms with Gasteiger partial charge in [0.05, 0.1) is 29.8 Å². The van der Waals surface area contributed by atoms with E-state index in [4.69, 9.17) is 16.0 Å². The fourth-order valence-corrected chi connectivity index (χ4v) is 2.77. The van der Waals surface area contributed by atoms with Gasteiger partial charge in [-0.05, 0) is 13.0 Å². The molecule has 2 aromatic rings. The molecule has 0 fully saturated rings. The maximum atomic E-state index is 11.9. The van der Waals surface area contributed by atoms with Crippen molar-refractivity contribution in [1.82, 2.24) is 15.2 Å². The minimum atomic E-state index is -0.120. The molecule has 0 atom stereocenters. The molecule has 0 aromatic carbocycles. The van der Waals surface area contributed by atoms with Gasteiger partial charge < -0.3 is 14.6 Å². The third-order valence-electron chi connectivity index (χ3n) is 2.75. The van der Waals surface area contributed by atoms with Gasteiger partial charge in [0.1, 0.15) is 4.34 Å². The summed E-state index contributed by atoms with van der Waals surface area (Å²) in [7, 11) is 1.74. The summed E-state index contributed by atoms with van der Waals surface area (Å²) in [6, 6.07) is 1.72. The summed E-state index contributed by atoms with van der Waals surface area (Å²) in [6.07, 6.45) is 3.91. The van der Waals surface area contributed by atoms with E-state index in [0.717, 1.165) is 16.3 Å². The number of urea groups is 1. The fraction of sp³-hybridized carbons (Fsp3) is 0.385. The van der Waals surface area contributed by atoms with E-state index >= 15 is 0 Å². The Bertz CT molecular complexity index is 549. The van der Waals surface area contributed by atoms with Crippen molar-refractivity contribution in [2.24, 2.45) is 0 Å². The number of thiazole rings is 1. The summed E-state index contributed by atoms with van der Waals surface area (Å²) >= 11 is 7.41. The lowest BCUT2D eigenvalue weighted by atomic mass is 10.3. The zero-order valence-electron chi connectivity index (χ0n) is 11.4. The third kappa shape index (κ3) is 3.98. The van der Waals surface area contributed by atoms with Gasteiger partial charge in [0.2, 0.25) is 0 Å². The maximum Gasteiger partial charge on any atom is 0.317 e. The first-order valence-corrected chi connectivity index (χ1v) is 7.37. The summed E-state index contributed by atoms with van der Waals surface area (Å²) in [5.74, 6) is 0. The lowest BCUT2D eigenvalue weighted by Gasteiger charge is -2.16. The fourth-order valence-electron chi connectivity index (χ4n) is 1.68. The van der Waals surface area contributed by atoms with Crippen LogP contribution in [0.5, 0.6) is 0 Å². The van der Waals surface area contributed by atoms with Gasteiger partial charge in [-0.15, -0.1) is 11.3 Å². The number of hydrogen-bond acceptors (Lipinski definition) is 4.